The van der Waals surface area contributed by atoms with Crippen LogP contribution in [0.25, 0.3) is 10.9 Å². The van der Waals surface area contributed by atoms with Gasteiger partial charge >= 0.3 is 0 Å². The number of nitrogens with zero attached hydrogens (tertiary/aromatic N) is 2. The molecule has 2 aromatic carbocycles. The molecule has 0 radical (unpaired) electrons. The van der Waals surface area contributed by atoms with Crippen LogP contribution in [0.15, 0.2) is 58.7 Å². The highest BCUT2D eigenvalue weighted by Crippen LogP contribution is 2.35. The number of aliphatic imine (C=N–C) groups is 1. The molecule has 1 atom stereocenters. The molecule has 152 valence electrons. The number of hydrogen-bond acceptors (Lipinski definition) is 6. The summed E-state index contributed by atoms with van der Waals surface area (Å²) < 4.78 is 0. The zero-order valence-corrected chi connectivity index (χ0v) is 16.2. The fourth-order valence-electron chi connectivity index (χ4n) is 3.91. The molecule has 0 bridgehead atoms. The van der Waals surface area contributed by atoms with Crippen molar-refractivity contribution in [3.05, 3.63) is 59.7 Å². The molecule has 1 amide bonds. The maximum atomic E-state index is 12.1. The van der Waals surface area contributed by atoms with Crippen LogP contribution in [0.5, 0.6) is 5.88 Å². The van der Waals surface area contributed by atoms with E-state index in [9.17, 15) is 9.90 Å². The Balaban J connectivity index is 1.44. The van der Waals surface area contributed by atoms with Crippen molar-refractivity contribution in [1.82, 2.24) is 15.6 Å². The van der Waals surface area contributed by atoms with Crippen LogP contribution in [0.1, 0.15) is 17.5 Å². The van der Waals surface area contributed by atoms with Crippen molar-refractivity contribution < 1.29 is 14.7 Å². The SMILES string of the molecule is O=C(CON=C1C(c2c(O)[nH]c3ccccc23)=Nc2ccccc21)NC1CCNC1. The molecule has 1 aromatic heterocycles. The number of H-pyrrole nitrogens is 1. The summed E-state index contributed by atoms with van der Waals surface area (Å²) in [6.45, 7) is 1.48. The van der Waals surface area contributed by atoms with Gasteiger partial charge in [-0.25, -0.2) is 4.99 Å². The van der Waals surface area contributed by atoms with E-state index in [2.05, 4.69) is 25.8 Å². The third-order valence-electron chi connectivity index (χ3n) is 5.32. The number of amides is 1. The van der Waals surface area contributed by atoms with Gasteiger partial charge in [0.2, 0.25) is 0 Å². The molecule has 2 aliphatic rings. The number of para-hydroxylation sites is 2. The van der Waals surface area contributed by atoms with Gasteiger partial charge in [0.15, 0.2) is 12.5 Å². The van der Waals surface area contributed by atoms with E-state index in [0.717, 1.165) is 41.7 Å². The number of aromatic hydroxyl groups is 1. The van der Waals surface area contributed by atoms with Gasteiger partial charge in [-0.2, -0.15) is 0 Å². The van der Waals surface area contributed by atoms with E-state index in [1.165, 1.54) is 0 Å². The first-order chi connectivity index (χ1) is 14.7. The Morgan fingerprint density at radius 2 is 2.07 bits per heavy atom. The minimum Gasteiger partial charge on any atom is -0.494 e. The van der Waals surface area contributed by atoms with E-state index in [4.69, 9.17) is 4.84 Å². The van der Waals surface area contributed by atoms with Crippen LogP contribution >= 0.6 is 0 Å². The molecule has 8 heteroatoms. The van der Waals surface area contributed by atoms with Gasteiger partial charge in [-0.3, -0.25) is 4.79 Å². The van der Waals surface area contributed by atoms with Crippen molar-refractivity contribution >= 4 is 33.9 Å². The average molecular weight is 403 g/mol. The first-order valence-electron chi connectivity index (χ1n) is 9.89. The molecule has 0 aliphatic carbocycles. The Labute approximate surface area is 172 Å². The first kappa shape index (κ1) is 18.4. The predicted octanol–water partition coefficient (Wildman–Crippen LogP) is 2.21. The number of oxime groups is 1. The van der Waals surface area contributed by atoms with Gasteiger partial charge in [0, 0.05) is 29.1 Å². The fraction of sp³-hybridized carbons (Fsp3) is 0.227. The van der Waals surface area contributed by atoms with E-state index >= 15 is 0 Å². The topological polar surface area (TPSA) is 111 Å². The van der Waals surface area contributed by atoms with Crippen LogP contribution in [-0.2, 0) is 9.63 Å². The second-order valence-corrected chi connectivity index (χ2v) is 7.34. The lowest BCUT2D eigenvalue weighted by Crippen LogP contribution is -2.38. The molecule has 1 fully saturated rings. The van der Waals surface area contributed by atoms with Crippen LogP contribution in [0.4, 0.5) is 5.69 Å². The summed E-state index contributed by atoms with van der Waals surface area (Å²) in [5.41, 5.74) is 3.88. The monoisotopic (exact) mass is 403 g/mol. The number of rotatable bonds is 5. The van der Waals surface area contributed by atoms with Gasteiger partial charge in [0.05, 0.1) is 11.3 Å². The summed E-state index contributed by atoms with van der Waals surface area (Å²) in [6.07, 6.45) is 0.907. The number of carbonyl (C=O) groups is 1. The highest BCUT2D eigenvalue weighted by atomic mass is 16.6. The number of aromatic nitrogens is 1. The molecule has 4 N–H and O–H groups in total. The minimum absolute atomic E-state index is 0.0157. The van der Waals surface area contributed by atoms with Gasteiger partial charge in [0.1, 0.15) is 11.4 Å². The van der Waals surface area contributed by atoms with Crippen molar-refractivity contribution in [2.45, 2.75) is 12.5 Å². The predicted molar refractivity (Wildman–Crippen MR) is 115 cm³/mol. The molecule has 8 nitrogen and oxygen atoms in total. The lowest BCUT2D eigenvalue weighted by atomic mass is 10.0. The lowest BCUT2D eigenvalue weighted by molar-refractivity contribution is -0.126. The number of fused-ring (bicyclic) bond motifs is 2. The van der Waals surface area contributed by atoms with Crippen LogP contribution in [-0.4, -0.2) is 53.2 Å². The van der Waals surface area contributed by atoms with Crippen LogP contribution in [0.2, 0.25) is 0 Å². The Hall–Kier alpha value is -3.65. The van der Waals surface area contributed by atoms with Crippen molar-refractivity contribution in [2.75, 3.05) is 19.7 Å². The highest BCUT2D eigenvalue weighted by Gasteiger charge is 2.29. The maximum absolute atomic E-state index is 12.1. The Morgan fingerprint density at radius 3 is 2.93 bits per heavy atom. The summed E-state index contributed by atoms with van der Waals surface area (Å²) in [7, 11) is 0. The van der Waals surface area contributed by atoms with E-state index in [1.807, 2.05) is 48.5 Å². The van der Waals surface area contributed by atoms with Gasteiger partial charge in [-0.1, -0.05) is 41.6 Å². The van der Waals surface area contributed by atoms with Gasteiger partial charge in [-0.05, 0) is 25.1 Å². The van der Waals surface area contributed by atoms with E-state index < -0.39 is 0 Å². The number of carbonyl (C=O) groups excluding carboxylic acids is 1. The van der Waals surface area contributed by atoms with Crippen molar-refractivity contribution in [1.29, 1.82) is 0 Å². The van der Waals surface area contributed by atoms with Crippen LogP contribution in [0, 0.1) is 0 Å². The number of nitrogens with one attached hydrogen (secondary N) is 3. The molecular formula is C22H21N5O3. The average Bonchev–Trinajstić information content (AvgIpc) is 3.45. The first-order valence-corrected chi connectivity index (χ1v) is 9.89. The minimum atomic E-state index is -0.215. The molecule has 5 rings (SSSR count). The van der Waals surface area contributed by atoms with Gasteiger partial charge in [-0.15, -0.1) is 0 Å². The zero-order valence-electron chi connectivity index (χ0n) is 16.2. The molecule has 0 spiro atoms. The van der Waals surface area contributed by atoms with E-state index in [-0.39, 0.29) is 24.4 Å². The Morgan fingerprint density at radius 1 is 1.23 bits per heavy atom. The Kier molecular flexibility index (Phi) is 4.68. The largest absolute Gasteiger partial charge is 0.494 e. The molecule has 3 heterocycles. The zero-order chi connectivity index (χ0) is 20.5. The van der Waals surface area contributed by atoms with Crippen LogP contribution < -0.4 is 10.6 Å². The second kappa shape index (κ2) is 7.64. The van der Waals surface area contributed by atoms with E-state index in [0.29, 0.717) is 17.0 Å². The Bertz CT molecular complexity index is 1170. The quantitative estimate of drug-likeness (QED) is 0.490. The van der Waals surface area contributed by atoms with Gasteiger partial charge in [0.25, 0.3) is 5.91 Å². The standard InChI is InChI=1S/C22H21N5O3/c28-18(24-13-9-10-23-11-13)12-30-27-20-15-6-2-4-8-17(15)25-21(20)19-14-5-1-3-7-16(14)26-22(19)29/h1-8,13,23,26,29H,9-12H2,(H,24,28). The molecule has 1 unspecified atom stereocenters. The van der Waals surface area contributed by atoms with Gasteiger partial charge < -0.3 is 25.6 Å². The van der Waals surface area contributed by atoms with Crippen molar-refractivity contribution in [3.63, 3.8) is 0 Å². The molecule has 30 heavy (non-hydrogen) atoms. The third kappa shape index (κ3) is 3.31. The number of benzene rings is 2. The third-order valence-corrected chi connectivity index (χ3v) is 5.32. The number of aromatic amines is 1. The van der Waals surface area contributed by atoms with E-state index in [1.54, 1.807) is 0 Å². The van der Waals surface area contributed by atoms with Crippen LogP contribution in [0.3, 0.4) is 0 Å². The van der Waals surface area contributed by atoms with Crippen molar-refractivity contribution in [2.24, 2.45) is 10.1 Å². The summed E-state index contributed by atoms with van der Waals surface area (Å²) in [5, 5.41) is 21.8. The summed E-state index contributed by atoms with van der Waals surface area (Å²) in [6, 6.07) is 15.3. The summed E-state index contributed by atoms with van der Waals surface area (Å²) in [5.74, 6) is -0.199. The molecule has 0 saturated carbocycles. The smallest absolute Gasteiger partial charge is 0.261 e. The summed E-state index contributed by atoms with van der Waals surface area (Å²) >= 11 is 0. The summed E-state index contributed by atoms with van der Waals surface area (Å²) in [4.78, 5) is 25.2. The van der Waals surface area contributed by atoms with Crippen molar-refractivity contribution in [3.8, 4) is 5.88 Å². The molecular weight excluding hydrogens is 382 g/mol. The molecule has 1 saturated heterocycles. The maximum Gasteiger partial charge on any atom is 0.261 e. The fourth-order valence-corrected chi connectivity index (χ4v) is 3.91. The molecule has 2 aliphatic heterocycles. The normalized spacial score (nSPS) is 19.1. The lowest BCUT2D eigenvalue weighted by Gasteiger charge is -2.10. The molecule has 3 aromatic rings. The highest BCUT2D eigenvalue weighted by molar-refractivity contribution is 6.58. The second-order valence-electron chi connectivity index (χ2n) is 7.34. The number of hydrogen-bond donors (Lipinski definition) is 4.